The van der Waals surface area contributed by atoms with Crippen LogP contribution in [-0.2, 0) is 10.0 Å². The van der Waals surface area contributed by atoms with Gasteiger partial charge in [-0.3, -0.25) is 0 Å². The molecule has 0 fully saturated rings. The van der Waals surface area contributed by atoms with E-state index in [2.05, 4.69) is 10.0 Å². The SMILES string of the molecule is CCNS(=O)(=O)CCNC(C)C(F)F. The lowest BCUT2D eigenvalue weighted by atomic mass is 10.3. The molecule has 4 nitrogen and oxygen atoms in total. The fourth-order valence-corrected chi connectivity index (χ4v) is 1.77. The van der Waals surface area contributed by atoms with Crippen LogP contribution in [0.5, 0.6) is 0 Å². The van der Waals surface area contributed by atoms with Crippen molar-refractivity contribution in [3.8, 4) is 0 Å². The predicted octanol–water partition coefficient (Wildman–Crippen LogP) is 0.169. The van der Waals surface area contributed by atoms with E-state index in [0.29, 0.717) is 6.54 Å². The van der Waals surface area contributed by atoms with Crippen molar-refractivity contribution in [2.75, 3.05) is 18.8 Å². The molecule has 0 radical (unpaired) electrons. The second-order valence-corrected chi connectivity index (χ2v) is 4.82. The summed E-state index contributed by atoms with van der Waals surface area (Å²) in [5, 5.41) is 2.43. The molecule has 0 heterocycles. The normalized spacial score (nSPS) is 14.6. The van der Waals surface area contributed by atoms with Gasteiger partial charge in [-0.25, -0.2) is 21.9 Å². The highest BCUT2D eigenvalue weighted by molar-refractivity contribution is 7.89. The molecule has 86 valence electrons. The third kappa shape index (κ3) is 6.22. The van der Waals surface area contributed by atoms with Crippen molar-refractivity contribution in [3.05, 3.63) is 0 Å². The van der Waals surface area contributed by atoms with E-state index in [1.165, 1.54) is 6.92 Å². The molecule has 0 bridgehead atoms. The molecule has 1 unspecified atom stereocenters. The molecule has 2 N–H and O–H groups in total. The molecule has 14 heavy (non-hydrogen) atoms. The Morgan fingerprint density at radius 1 is 1.36 bits per heavy atom. The van der Waals surface area contributed by atoms with Crippen LogP contribution in [0.2, 0.25) is 0 Å². The van der Waals surface area contributed by atoms with E-state index in [4.69, 9.17) is 0 Å². The number of hydrogen-bond acceptors (Lipinski definition) is 3. The first-order valence-corrected chi connectivity index (χ1v) is 6.03. The minimum atomic E-state index is -3.31. The van der Waals surface area contributed by atoms with Crippen molar-refractivity contribution >= 4 is 10.0 Å². The summed E-state index contributed by atoms with van der Waals surface area (Å²) in [7, 11) is -3.31. The smallest absolute Gasteiger partial charge is 0.253 e. The molecule has 0 aromatic heterocycles. The first-order valence-electron chi connectivity index (χ1n) is 4.38. The second kappa shape index (κ2) is 6.26. The third-order valence-corrected chi connectivity index (χ3v) is 3.05. The predicted molar refractivity (Wildman–Crippen MR) is 50.9 cm³/mol. The van der Waals surface area contributed by atoms with Crippen LogP contribution in [-0.4, -0.2) is 39.7 Å². The Balaban J connectivity index is 3.74. The average molecular weight is 230 g/mol. The van der Waals surface area contributed by atoms with E-state index in [9.17, 15) is 17.2 Å². The molecular formula is C7H16F2N2O2S. The Hall–Kier alpha value is -0.270. The molecule has 0 spiro atoms. The van der Waals surface area contributed by atoms with E-state index in [1.807, 2.05) is 0 Å². The van der Waals surface area contributed by atoms with Gasteiger partial charge in [0.25, 0.3) is 6.43 Å². The highest BCUT2D eigenvalue weighted by Gasteiger charge is 2.15. The number of halogens is 2. The van der Waals surface area contributed by atoms with Gasteiger partial charge in [0.1, 0.15) is 0 Å². The lowest BCUT2D eigenvalue weighted by molar-refractivity contribution is 0.107. The van der Waals surface area contributed by atoms with Crippen molar-refractivity contribution in [1.82, 2.24) is 10.0 Å². The van der Waals surface area contributed by atoms with Crippen molar-refractivity contribution in [2.45, 2.75) is 26.3 Å². The molecule has 0 aliphatic rings. The second-order valence-electron chi connectivity index (χ2n) is 2.89. The summed E-state index contributed by atoms with van der Waals surface area (Å²) in [4.78, 5) is 0. The number of rotatable bonds is 7. The van der Waals surface area contributed by atoms with E-state index >= 15 is 0 Å². The summed E-state index contributed by atoms with van der Waals surface area (Å²) in [5.74, 6) is -0.183. The van der Waals surface area contributed by atoms with Crippen LogP contribution in [0.25, 0.3) is 0 Å². The van der Waals surface area contributed by atoms with Crippen molar-refractivity contribution < 1.29 is 17.2 Å². The van der Waals surface area contributed by atoms with Gasteiger partial charge < -0.3 is 5.32 Å². The van der Waals surface area contributed by atoms with Gasteiger partial charge in [-0.15, -0.1) is 0 Å². The molecule has 0 aromatic carbocycles. The zero-order valence-corrected chi connectivity index (χ0v) is 9.07. The highest BCUT2D eigenvalue weighted by atomic mass is 32.2. The largest absolute Gasteiger partial charge is 0.308 e. The molecule has 1 atom stereocenters. The van der Waals surface area contributed by atoms with Crippen LogP contribution in [0.4, 0.5) is 8.78 Å². The summed E-state index contributed by atoms with van der Waals surface area (Å²) >= 11 is 0. The van der Waals surface area contributed by atoms with Gasteiger partial charge in [-0.05, 0) is 6.92 Å². The maximum absolute atomic E-state index is 12.0. The number of nitrogens with one attached hydrogen (secondary N) is 2. The first-order chi connectivity index (χ1) is 6.39. The third-order valence-electron chi connectivity index (χ3n) is 1.58. The Labute approximate surface area is 83.1 Å². The van der Waals surface area contributed by atoms with Crippen LogP contribution in [0, 0.1) is 0 Å². The lowest BCUT2D eigenvalue weighted by Crippen LogP contribution is -2.38. The molecule has 0 aliphatic carbocycles. The van der Waals surface area contributed by atoms with Gasteiger partial charge >= 0.3 is 0 Å². The monoisotopic (exact) mass is 230 g/mol. The lowest BCUT2D eigenvalue weighted by Gasteiger charge is -2.12. The van der Waals surface area contributed by atoms with Crippen LogP contribution in [0.1, 0.15) is 13.8 Å². The number of alkyl halides is 2. The maximum atomic E-state index is 12.0. The number of hydrogen-bond donors (Lipinski definition) is 2. The van der Waals surface area contributed by atoms with Crippen LogP contribution in [0.15, 0.2) is 0 Å². The summed E-state index contributed by atoms with van der Waals surface area (Å²) < 4.78 is 48.3. The van der Waals surface area contributed by atoms with Gasteiger partial charge in [0.2, 0.25) is 10.0 Å². The molecular weight excluding hydrogens is 214 g/mol. The maximum Gasteiger partial charge on any atom is 0.253 e. The number of sulfonamides is 1. The Morgan fingerprint density at radius 3 is 2.36 bits per heavy atom. The highest BCUT2D eigenvalue weighted by Crippen LogP contribution is 1.98. The van der Waals surface area contributed by atoms with E-state index < -0.39 is 22.5 Å². The van der Waals surface area contributed by atoms with Gasteiger partial charge in [0.05, 0.1) is 11.8 Å². The van der Waals surface area contributed by atoms with Crippen molar-refractivity contribution in [1.29, 1.82) is 0 Å². The molecule has 0 saturated heterocycles. The molecule has 0 amide bonds. The van der Waals surface area contributed by atoms with Gasteiger partial charge in [-0.1, -0.05) is 6.92 Å². The van der Waals surface area contributed by atoms with Gasteiger partial charge in [-0.2, -0.15) is 0 Å². The van der Waals surface area contributed by atoms with Crippen LogP contribution >= 0.6 is 0 Å². The van der Waals surface area contributed by atoms with Crippen molar-refractivity contribution in [3.63, 3.8) is 0 Å². The fourth-order valence-electron chi connectivity index (χ4n) is 0.802. The quantitative estimate of drug-likeness (QED) is 0.655. The Bertz CT molecular complexity index is 244. The summed E-state index contributed by atoms with van der Waals surface area (Å²) in [6.45, 7) is 3.31. The molecule has 0 aliphatic heterocycles. The topological polar surface area (TPSA) is 58.2 Å². The summed E-state index contributed by atoms with van der Waals surface area (Å²) in [6, 6.07) is -0.980. The minimum absolute atomic E-state index is 0.0286. The van der Waals surface area contributed by atoms with Crippen LogP contribution < -0.4 is 10.0 Å². The van der Waals surface area contributed by atoms with E-state index in [1.54, 1.807) is 6.92 Å². The minimum Gasteiger partial charge on any atom is -0.308 e. The zero-order valence-electron chi connectivity index (χ0n) is 8.26. The zero-order chi connectivity index (χ0) is 11.2. The molecule has 0 saturated carbocycles. The first kappa shape index (κ1) is 13.7. The average Bonchev–Trinajstić information content (AvgIpc) is 2.03. The van der Waals surface area contributed by atoms with Gasteiger partial charge in [0, 0.05) is 13.1 Å². The summed E-state index contributed by atoms with van der Waals surface area (Å²) in [6.07, 6.45) is -2.48. The Morgan fingerprint density at radius 2 is 1.93 bits per heavy atom. The molecule has 7 heteroatoms. The Kier molecular flexibility index (Phi) is 6.14. The fraction of sp³-hybridized carbons (Fsp3) is 1.00. The summed E-state index contributed by atoms with van der Waals surface area (Å²) in [5.41, 5.74) is 0. The molecule has 0 aromatic rings. The van der Waals surface area contributed by atoms with E-state index in [0.717, 1.165) is 0 Å². The van der Waals surface area contributed by atoms with Gasteiger partial charge in [0.15, 0.2) is 0 Å². The van der Waals surface area contributed by atoms with Crippen molar-refractivity contribution in [2.24, 2.45) is 0 Å². The standard InChI is InChI=1S/C7H16F2N2O2S/c1-3-11-14(12,13)5-4-10-6(2)7(8)9/h6-7,10-11H,3-5H2,1-2H3. The molecule has 0 rings (SSSR count). The van der Waals surface area contributed by atoms with Crippen LogP contribution in [0.3, 0.4) is 0 Å². The van der Waals surface area contributed by atoms with E-state index in [-0.39, 0.29) is 12.3 Å².